The molecule has 68 valence electrons. The highest BCUT2D eigenvalue weighted by Crippen LogP contribution is 2.20. The minimum atomic E-state index is -0.355. The van der Waals surface area contributed by atoms with Crippen LogP contribution in [-0.2, 0) is 4.79 Å². The van der Waals surface area contributed by atoms with Crippen LogP contribution in [0.1, 0.15) is 19.3 Å². The molecule has 0 aromatic rings. The number of amides is 1. The average Bonchev–Trinajstić information content (AvgIpc) is 2.04. The molecule has 0 saturated carbocycles. The van der Waals surface area contributed by atoms with E-state index in [0.29, 0.717) is 13.0 Å². The molecule has 1 unspecified atom stereocenters. The van der Waals surface area contributed by atoms with Gasteiger partial charge in [0, 0.05) is 6.54 Å². The number of thiol groups is 2. The van der Waals surface area contributed by atoms with Crippen LogP contribution >= 0.6 is 25.3 Å². The first kappa shape index (κ1) is 9.92. The molecule has 5 heteroatoms. The van der Waals surface area contributed by atoms with E-state index in [2.05, 4.69) is 25.3 Å². The van der Waals surface area contributed by atoms with Crippen LogP contribution < -0.4 is 0 Å². The van der Waals surface area contributed by atoms with Crippen molar-refractivity contribution >= 4 is 35.6 Å². The maximum atomic E-state index is 11.0. The first-order valence-electron chi connectivity index (χ1n) is 3.85. The number of carbonyl (C=O) groups is 2. The molecular weight excluding hydrogens is 194 g/mol. The molecule has 1 fully saturated rings. The first-order valence-corrected chi connectivity index (χ1v) is 4.74. The average molecular weight is 205 g/mol. The Morgan fingerprint density at radius 3 is 2.33 bits per heavy atom. The van der Waals surface area contributed by atoms with E-state index in [0.717, 1.165) is 12.8 Å². The van der Waals surface area contributed by atoms with Gasteiger partial charge in [-0.25, -0.2) is 0 Å². The Kier molecular flexibility index (Phi) is 3.46. The van der Waals surface area contributed by atoms with Crippen molar-refractivity contribution in [2.45, 2.75) is 25.3 Å². The number of piperidine rings is 1. The van der Waals surface area contributed by atoms with Gasteiger partial charge in [-0.2, -0.15) is 0 Å². The SMILES string of the molecule is O=C(S)C1CCCCN1C(=O)S. The van der Waals surface area contributed by atoms with E-state index in [9.17, 15) is 9.59 Å². The second-order valence-corrected chi connectivity index (χ2v) is 3.65. The van der Waals surface area contributed by atoms with Crippen molar-refractivity contribution in [1.29, 1.82) is 0 Å². The van der Waals surface area contributed by atoms with E-state index in [1.807, 2.05) is 0 Å². The fraction of sp³-hybridized carbons (Fsp3) is 0.714. The largest absolute Gasteiger partial charge is 0.323 e. The molecule has 1 aliphatic rings. The Hall–Kier alpha value is -0.160. The highest BCUT2D eigenvalue weighted by Gasteiger charge is 2.28. The number of hydrogen-bond donors (Lipinski definition) is 2. The Labute approximate surface area is 82.3 Å². The first-order chi connectivity index (χ1) is 5.63. The summed E-state index contributed by atoms with van der Waals surface area (Å²) in [5.41, 5.74) is 0. The second-order valence-electron chi connectivity index (χ2n) is 2.83. The van der Waals surface area contributed by atoms with Crippen LogP contribution in [0.4, 0.5) is 4.79 Å². The zero-order valence-corrected chi connectivity index (χ0v) is 8.35. The van der Waals surface area contributed by atoms with Crippen molar-refractivity contribution in [2.75, 3.05) is 6.54 Å². The van der Waals surface area contributed by atoms with E-state index < -0.39 is 0 Å². The van der Waals surface area contributed by atoms with Gasteiger partial charge in [0.2, 0.25) is 5.12 Å². The smallest absolute Gasteiger partial charge is 0.279 e. The normalized spacial score (nSPS) is 23.8. The van der Waals surface area contributed by atoms with Gasteiger partial charge in [-0.3, -0.25) is 9.59 Å². The van der Waals surface area contributed by atoms with Crippen LogP contribution in [0, 0.1) is 0 Å². The van der Waals surface area contributed by atoms with E-state index in [4.69, 9.17) is 0 Å². The van der Waals surface area contributed by atoms with Crippen LogP contribution in [0.15, 0.2) is 0 Å². The fourth-order valence-electron chi connectivity index (χ4n) is 1.42. The summed E-state index contributed by atoms with van der Waals surface area (Å²) in [5.74, 6) is 0. The van der Waals surface area contributed by atoms with E-state index in [1.54, 1.807) is 0 Å². The van der Waals surface area contributed by atoms with Gasteiger partial charge in [0.1, 0.15) is 6.04 Å². The van der Waals surface area contributed by atoms with Gasteiger partial charge in [0.05, 0.1) is 0 Å². The Morgan fingerprint density at radius 1 is 1.25 bits per heavy atom. The predicted octanol–water partition coefficient (Wildman–Crippen LogP) is 1.35. The van der Waals surface area contributed by atoms with Gasteiger partial charge in [-0.1, -0.05) is 12.6 Å². The third-order valence-corrected chi connectivity index (χ3v) is 2.59. The summed E-state index contributed by atoms with van der Waals surface area (Å²) in [7, 11) is 0. The highest BCUT2D eigenvalue weighted by molar-refractivity contribution is 7.97. The summed E-state index contributed by atoms with van der Waals surface area (Å²) in [6.07, 6.45) is 2.65. The molecule has 0 radical (unpaired) electrons. The number of rotatable bonds is 1. The van der Waals surface area contributed by atoms with Gasteiger partial charge in [0.25, 0.3) is 5.24 Å². The molecule has 0 N–H and O–H groups in total. The number of nitrogens with zero attached hydrogens (tertiary/aromatic N) is 1. The van der Waals surface area contributed by atoms with Crippen LogP contribution in [-0.4, -0.2) is 27.8 Å². The Bertz CT molecular complexity index is 186. The van der Waals surface area contributed by atoms with Crippen LogP contribution in [0.3, 0.4) is 0 Å². The summed E-state index contributed by atoms with van der Waals surface area (Å²) in [4.78, 5) is 23.3. The van der Waals surface area contributed by atoms with Crippen molar-refractivity contribution in [3.05, 3.63) is 0 Å². The lowest BCUT2D eigenvalue weighted by Crippen LogP contribution is -2.44. The molecular formula is C7H11NO2S2. The molecule has 12 heavy (non-hydrogen) atoms. The van der Waals surface area contributed by atoms with Crippen LogP contribution in [0.5, 0.6) is 0 Å². The van der Waals surface area contributed by atoms with Crippen LogP contribution in [0.2, 0.25) is 0 Å². The zero-order valence-electron chi connectivity index (χ0n) is 6.56. The molecule has 0 bridgehead atoms. The van der Waals surface area contributed by atoms with Crippen molar-refractivity contribution in [2.24, 2.45) is 0 Å². The predicted molar refractivity (Wildman–Crippen MR) is 52.7 cm³/mol. The lowest BCUT2D eigenvalue weighted by molar-refractivity contribution is -0.115. The third kappa shape index (κ3) is 2.17. The van der Waals surface area contributed by atoms with Gasteiger partial charge >= 0.3 is 0 Å². The van der Waals surface area contributed by atoms with Crippen molar-refractivity contribution in [1.82, 2.24) is 4.90 Å². The summed E-state index contributed by atoms with van der Waals surface area (Å²) in [5, 5.41) is -0.570. The summed E-state index contributed by atoms with van der Waals surface area (Å²) in [6.45, 7) is 0.624. The minimum absolute atomic E-state index is 0.239. The lowest BCUT2D eigenvalue weighted by Gasteiger charge is -2.32. The maximum absolute atomic E-state index is 11.0. The molecule has 0 aromatic heterocycles. The highest BCUT2D eigenvalue weighted by atomic mass is 32.1. The topological polar surface area (TPSA) is 37.4 Å². The molecule has 1 rings (SSSR count). The van der Waals surface area contributed by atoms with E-state index in [-0.39, 0.29) is 16.4 Å². The quantitative estimate of drug-likeness (QED) is 0.634. The Balaban J connectivity index is 2.67. The molecule has 0 aromatic carbocycles. The summed E-state index contributed by atoms with van der Waals surface area (Å²) >= 11 is 7.42. The standard InChI is InChI=1S/C7H11NO2S2/c9-6(11)5-3-1-2-4-8(5)7(10)12/h5H,1-4H2,(H,9,11)(H,10,12). The zero-order chi connectivity index (χ0) is 9.14. The van der Waals surface area contributed by atoms with E-state index >= 15 is 0 Å². The number of hydrogen-bond acceptors (Lipinski definition) is 2. The van der Waals surface area contributed by atoms with Crippen molar-refractivity contribution in [3.8, 4) is 0 Å². The molecule has 1 saturated heterocycles. The molecule has 1 heterocycles. The van der Waals surface area contributed by atoms with Crippen LogP contribution in [0.25, 0.3) is 0 Å². The molecule has 0 aliphatic carbocycles. The monoisotopic (exact) mass is 205 g/mol. The molecule has 1 amide bonds. The van der Waals surface area contributed by atoms with Crippen molar-refractivity contribution < 1.29 is 9.59 Å². The fourth-order valence-corrected chi connectivity index (χ4v) is 1.93. The number of carbonyl (C=O) groups excluding carboxylic acids is 2. The molecule has 0 spiro atoms. The Morgan fingerprint density at radius 2 is 1.92 bits per heavy atom. The second kappa shape index (κ2) is 4.18. The molecule has 1 atom stereocenters. The van der Waals surface area contributed by atoms with Gasteiger partial charge in [0.15, 0.2) is 0 Å². The molecule has 3 nitrogen and oxygen atoms in total. The van der Waals surface area contributed by atoms with Gasteiger partial charge in [-0.15, -0.1) is 12.6 Å². The molecule has 1 aliphatic heterocycles. The number of likely N-dealkylation sites (tertiary alicyclic amines) is 1. The third-order valence-electron chi connectivity index (χ3n) is 2.03. The van der Waals surface area contributed by atoms with Gasteiger partial charge in [-0.05, 0) is 19.3 Å². The summed E-state index contributed by atoms with van der Waals surface area (Å²) in [6, 6.07) is -0.355. The van der Waals surface area contributed by atoms with Crippen molar-refractivity contribution in [3.63, 3.8) is 0 Å². The lowest BCUT2D eigenvalue weighted by atomic mass is 10.0. The van der Waals surface area contributed by atoms with E-state index in [1.165, 1.54) is 4.90 Å². The minimum Gasteiger partial charge on any atom is -0.323 e. The summed E-state index contributed by atoms with van der Waals surface area (Å²) < 4.78 is 0. The maximum Gasteiger partial charge on any atom is 0.279 e. The van der Waals surface area contributed by atoms with Gasteiger partial charge < -0.3 is 4.90 Å².